The van der Waals surface area contributed by atoms with Crippen LogP contribution in [0.15, 0.2) is 47.6 Å². The lowest BCUT2D eigenvalue weighted by molar-refractivity contribution is 0.0696. The second-order valence-electron chi connectivity index (χ2n) is 3.57. The molecule has 0 aliphatic carbocycles. The minimum absolute atomic E-state index is 0.0425. The van der Waals surface area contributed by atoms with Crippen molar-refractivity contribution in [2.45, 2.75) is 10.8 Å². The molecule has 0 bridgehead atoms. The molecule has 18 heavy (non-hydrogen) atoms. The fourth-order valence-corrected chi connectivity index (χ4v) is 2.23. The number of halogens is 1. The molecule has 0 aliphatic rings. The Balaban J connectivity index is 2.08. The van der Waals surface area contributed by atoms with E-state index >= 15 is 0 Å². The van der Waals surface area contributed by atoms with Crippen molar-refractivity contribution in [3.05, 3.63) is 59.5 Å². The van der Waals surface area contributed by atoms with Crippen LogP contribution in [0.3, 0.4) is 0 Å². The van der Waals surface area contributed by atoms with Crippen LogP contribution in [0.5, 0.6) is 0 Å². The Labute approximate surface area is 108 Å². The summed E-state index contributed by atoms with van der Waals surface area (Å²) in [6.07, 6.45) is 1.67. The highest BCUT2D eigenvalue weighted by Gasteiger charge is 2.08. The van der Waals surface area contributed by atoms with Crippen molar-refractivity contribution in [2.75, 3.05) is 0 Å². The van der Waals surface area contributed by atoms with E-state index in [1.54, 1.807) is 6.20 Å². The van der Waals surface area contributed by atoms with Crippen LogP contribution in [0, 0.1) is 5.82 Å². The van der Waals surface area contributed by atoms with Gasteiger partial charge in [0.05, 0.1) is 10.6 Å². The first kappa shape index (κ1) is 12.6. The maximum atomic E-state index is 13.6. The Morgan fingerprint density at radius 1 is 1.33 bits per heavy atom. The number of thioether (sulfide) groups is 1. The molecule has 0 amide bonds. The number of aromatic carboxylic acids is 1. The predicted octanol–water partition coefficient (Wildman–Crippen LogP) is 3.21. The average molecular weight is 263 g/mol. The van der Waals surface area contributed by atoms with E-state index < -0.39 is 11.8 Å². The molecule has 92 valence electrons. The number of hydrogen-bond donors (Lipinski definition) is 1. The fourth-order valence-electron chi connectivity index (χ4n) is 1.38. The molecule has 0 radical (unpaired) electrons. The molecule has 3 nitrogen and oxygen atoms in total. The van der Waals surface area contributed by atoms with Gasteiger partial charge in [0.2, 0.25) is 0 Å². The van der Waals surface area contributed by atoms with Gasteiger partial charge in [0.1, 0.15) is 5.82 Å². The molecule has 5 heteroatoms. The highest BCUT2D eigenvalue weighted by Crippen LogP contribution is 2.22. The molecule has 1 heterocycles. The molecule has 0 saturated carbocycles. The summed E-state index contributed by atoms with van der Waals surface area (Å²) in [5.41, 5.74) is 0.426. The highest BCUT2D eigenvalue weighted by molar-refractivity contribution is 7.98. The van der Waals surface area contributed by atoms with Crippen LogP contribution in [-0.2, 0) is 5.75 Å². The van der Waals surface area contributed by atoms with E-state index in [1.165, 1.54) is 23.9 Å². The third kappa shape index (κ3) is 3.07. The van der Waals surface area contributed by atoms with E-state index in [4.69, 9.17) is 5.11 Å². The summed E-state index contributed by atoms with van der Waals surface area (Å²) in [5, 5.41) is 9.53. The first-order valence-corrected chi connectivity index (χ1v) is 6.21. The summed E-state index contributed by atoms with van der Waals surface area (Å²) in [4.78, 5) is 14.8. The number of benzene rings is 1. The van der Waals surface area contributed by atoms with E-state index in [1.807, 2.05) is 18.2 Å². The topological polar surface area (TPSA) is 50.2 Å². The molecule has 0 spiro atoms. The third-order valence-electron chi connectivity index (χ3n) is 2.31. The van der Waals surface area contributed by atoms with Gasteiger partial charge in [-0.25, -0.2) is 14.2 Å². The molecular formula is C13H10FNO2S. The van der Waals surface area contributed by atoms with Crippen LogP contribution in [0.2, 0.25) is 0 Å². The van der Waals surface area contributed by atoms with Crippen molar-refractivity contribution in [1.82, 2.24) is 4.98 Å². The summed E-state index contributed by atoms with van der Waals surface area (Å²) >= 11 is 1.40. The van der Waals surface area contributed by atoms with Gasteiger partial charge in [-0.3, -0.25) is 0 Å². The van der Waals surface area contributed by atoms with Crippen molar-refractivity contribution in [2.24, 2.45) is 0 Å². The Morgan fingerprint density at radius 2 is 2.17 bits per heavy atom. The Bertz CT molecular complexity index is 560. The number of nitrogens with zero attached hydrogens (tertiary/aromatic N) is 1. The molecule has 2 rings (SSSR count). The standard InChI is InChI=1S/C13H10FNO2S/c14-11-7-9(13(16)17)4-5-10(11)8-18-12-3-1-2-6-15-12/h1-7H,8H2,(H,16,17). The maximum absolute atomic E-state index is 13.6. The van der Waals surface area contributed by atoms with E-state index in [2.05, 4.69) is 4.98 Å². The molecule has 1 aromatic heterocycles. The number of carboxylic acids is 1. The maximum Gasteiger partial charge on any atom is 0.335 e. The average Bonchev–Trinajstić information content (AvgIpc) is 2.38. The van der Waals surface area contributed by atoms with E-state index in [0.717, 1.165) is 11.1 Å². The molecule has 0 unspecified atom stereocenters. The zero-order valence-electron chi connectivity index (χ0n) is 9.34. The second-order valence-corrected chi connectivity index (χ2v) is 4.56. The summed E-state index contributed by atoms with van der Waals surface area (Å²) in [6, 6.07) is 9.45. The predicted molar refractivity (Wildman–Crippen MR) is 67.2 cm³/mol. The lowest BCUT2D eigenvalue weighted by Gasteiger charge is -2.04. The number of pyridine rings is 1. The molecule has 1 N–H and O–H groups in total. The Kier molecular flexibility index (Phi) is 3.94. The monoisotopic (exact) mass is 263 g/mol. The Hall–Kier alpha value is -1.88. The van der Waals surface area contributed by atoms with Gasteiger partial charge >= 0.3 is 5.97 Å². The van der Waals surface area contributed by atoms with Crippen LogP contribution in [0.4, 0.5) is 4.39 Å². The summed E-state index contributed by atoms with van der Waals surface area (Å²) in [5.74, 6) is -1.21. The van der Waals surface area contributed by atoms with Gasteiger partial charge < -0.3 is 5.11 Å². The van der Waals surface area contributed by atoms with Gasteiger partial charge in [-0.2, -0.15) is 0 Å². The van der Waals surface area contributed by atoms with E-state index in [-0.39, 0.29) is 5.56 Å². The van der Waals surface area contributed by atoms with Crippen LogP contribution < -0.4 is 0 Å². The Morgan fingerprint density at radius 3 is 2.78 bits per heavy atom. The van der Waals surface area contributed by atoms with Gasteiger partial charge in [-0.1, -0.05) is 12.1 Å². The highest BCUT2D eigenvalue weighted by atomic mass is 32.2. The molecule has 0 saturated heterocycles. The molecule has 0 aliphatic heterocycles. The van der Waals surface area contributed by atoms with Crippen molar-refractivity contribution >= 4 is 17.7 Å². The zero-order valence-corrected chi connectivity index (χ0v) is 10.2. The quantitative estimate of drug-likeness (QED) is 0.860. The smallest absolute Gasteiger partial charge is 0.335 e. The van der Waals surface area contributed by atoms with Gasteiger partial charge in [0, 0.05) is 11.9 Å². The van der Waals surface area contributed by atoms with Crippen molar-refractivity contribution in [3.63, 3.8) is 0 Å². The van der Waals surface area contributed by atoms with Gasteiger partial charge in [0.25, 0.3) is 0 Å². The van der Waals surface area contributed by atoms with E-state index in [0.29, 0.717) is 11.3 Å². The fraction of sp³-hybridized carbons (Fsp3) is 0.0769. The van der Waals surface area contributed by atoms with Crippen LogP contribution >= 0.6 is 11.8 Å². The van der Waals surface area contributed by atoms with Crippen LogP contribution in [0.1, 0.15) is 15.9 Å². The van der Waals surface area contributed by atoms with Crippen molar-refractivity contribution in [1.29, 1.82) is 0 Å². The van der Waals surface area contributed by atoms with Gasteiger partial charge in [0.15, 0.2) is 0 Å². The molecule has 0 fully saturated rings. The third-order valence-corrected chi connectivity index (χ3v) is 3.31. The lowest BCUT2D eigenvalue weighted by Crippen LogP contribution is -1.98. The minimum atomic E-state index is -1.13. The minimum Gasteiger partial charge on any atom is -0.478 e. The number of hydrogen-bond acceptors (Lipinski definition) is 3. The first-order chi connectivity index (χ1) is 8.66. The largest absolute Gasteiger partial charge is 0.478 e. The number of carbonyl (C=O) groups is 1. The number of aromatic nitrogens is 1. The van der Waals surface area contributed by atoms with Gasteiger partial charge in [-0.15, -0.1) is 11.8 Å². The van der Waals surface area contributed by atoms with Crippen molar-refractivity contribution < 1.29 is 14.3 Å². The van der Waals surface area contributed by atoms with Crippen LogP contribution in [-0.4, -0.2) is 16.1 Å². The summed E-state index contributed by atoms with van der Waals surface area (Å²) in [7, 11) is 0. The van der Waals surface area contributed by atoms with E-state index in [9.17, 15) is 9.18 Å². The normalized spacial score (nSPS) is 10.3. The SMILES string of the molecule is O=C(O)c1ccc(CSc2ccccn2)c(F)c1. The van der Waals surface area contributed by atoms with Crippen LogP contribution in [0.25, 0.3) is 0 Å². The molecule has 1 aromatic carbocycles. The van der Waals surface area contributed by atoms with Gasteiger partial charge in [-0.05, 0) is 29.8 Å². The van der Waals surface area contributed by atoms with Crippen molar-refractivity contribution in [3.8, 4) is 0 Å². The first-order valence-electron chi connectivity index (χ1n) is 5.22. The lowest BCUT2D eigenvalue weighted by atomic mass is 10.1. The zero-order chi connectivity index (χ0) is 13.0. The summed E-state index contributed by atoms with van der Waals surface area (Å²) < 4.78 is 13.6. The molecule has 0 atom stereocenters. The number of rotatable bonds is 4. The summed E-state index contributed by atoms with van der Waals surface area (Å²) in [6.45, 7) is 0. The molecular weight excluding hydrogens is 253 g/mol. The molecule has 2 aromatic rings. The number of carboxylic acid groups (broad SMARTS) is 1. The second kappa shape index (κ2) is 5.64.